The van der Waals surface area contributed by atoms with Crippen LogP contribution in [0.4, 0.5) is 4.39 Å². The van der Waals surface area contributed by atoms with Crippen molar-refractivity contribution in [2.75, 3.05) is 20.0 Å². The molecular formula is C34H31FN6O4S2. The molecule has 0 radical (unpaired) electrons. The summed E-state index contributed by atoms with van der Waals surface area (Å²) in [6.07, 6.45) is 0.506. The van der Waals surface area contributed by atoms with Crippen LogP contribution in [0.15, 0.2) is 94.5 Å². The molecule has 0 saturated heterocycles. The Morgan fingerprint density at radius 3 is 2.60 bits per heavy atom. The maximum absolute atomic E-state index is 14.2. The molecule has 2 aromatic heterocycles. The first kappa shape index (κ1) is 32.0. The van der Waals surface area contributed by atoms with Gasteiger partial charge in [-0.25, -0.2) is 9.40 Å². The number of halogens is 1. The minimum atomic E-state index is -0.614. The number of hydrazone groups is 1. The Kier molecular flexibility index (Phi) is 9.64. The number of nitrogens with one attached hydrogen (secondary N) is 1. The summed E-state index contributed by atoms with van der Waals surface area (Å²) in [5, 5.41) is 20.2. The number of aromatic nitrogens is 3. The summed E-state index contributed by atoms with van der Waals surface area (Å²) >= 11 is 2.78. The number of rotatable bonds is 11. The van der Waals surface area contributed by atoms with Crippen LogP contribution in [0.25, 0.3) is 5.69 Å². The summed E-state index contributed by atoms with van der Waals surface area (Å²) in [5.74, 6) is 0.134. The van der Waals surface area contributed by atoms with Crippen molar-refractivity contribution in [3.8, 4) is 17.2 Å². The molecule has 0 fully saturated rings. The molecule has 0 bridgehead atoms. The van der Waals surface area contributed by atoms with Gasteiger partial charge in [0.05, 0.1) is 48.7 Å². The fourth-order valence-corrected chi connectivity index (χ4v) is 6.92. The number of thiophene rings is 1. The first-order valence-corrected chi connectivity index (χ1v) is 16.6. The zero-order valence-electron chi connectivity index (χ0n) is 25.8. The molecule has 3 aromatic carbocycles. The zero-order chi connectivity index (χ0) is 32.9. The highest BCUT2D eigenvalue weighted by atomic mass is 32.2. The minimum absolute atomic E-state index is 0.00946. The SMILES string of the molecule is COc1cccc(C2CC(c3cccs3)=NN2C(=O)CSc2nnc(CNC(=O)c3ccccc3F)n2-c2cccc(C)c2)c1OC. The largest absolute Gasteiger partial charge is 0.493 e. The molecule has 1 N–H and O–H groups in total. The van der Waals surface area contributed by atoms with E-state index in [2.05, 4.69) is 15.5 Å². The van der Waals surface area contributed by atoms with Gasteiger partial charge in [0.2, 0.25) is 0 Å². The average Bonchev–Trinajstić information content (AvgIpc) is 3.86. The number of nitrogens with zero attached hydrogens (tertiary/aromatic N) is 5. The Hall–Kier alpha value is -5.01. The van der Waals surface area contributed by atoms with E-state index in [0.717, 1.165) is 27.4 Å². The van der Waals surface area contributed by atoms with Crippen LogP contribution in [0.3, 0.4) is 0 Å². The number of carbonyl (C=O) groups is 2. The Bertz CT molecular complexity index is 1940. The normalized spacial score (nSPS) is 14.2. The second-order valence-corrected chi connectivity index (χ2v) is 12.5. The summed E-state index contributed by atoms with van der Waals surface area (Å²) < 4.78 is 27.3. The van der Waals surface area contributed by atoms with E-state index in [0.29, 0.717) is 28.9 Å². The van der Waals surface area contributed by atoms with Crippen molar-refractivity contribution >= 4 is 40.6 Å². The molecule has 0 saturated carbocycles. The number of para-hydroxylation sites is 1. The molecule has 5 aromatic rings. The van der Waals surface area contributed by atoms with Crippen LogP contribution in [0.5, 0.6) is 11.5 Å². The van der Waals surface area contributed by atoms with Crippen molar-refractivity contribution in [2.24, 2.45) is 5.10 Å². The predicted octanol–water partition coefficient (Wildman–Crippen LogP) is 6.19. The molecule has 1 aliphatic rings. The molecule has 2 amide bonds. The predicted molar refractivity (Wildman–Crippen MR) is 179 cm³/mol. The lowest BCUT2D eigenvalue weighted by atomic mass is 9.99. The Labute approximate surface area is 279 Å². The van der Waals surface area contributed by atoms with Gasteiger partial charge >= 0.3 is 0 Å². The van der Waals surface area contributed by atoms with Crippen molar-refractivity contribution in [1.82, 2.24) is 25.1 Å². The van der Waals surface area contributed by atoms with Crippen LogP contribution < -0.4 is 14.8 Å². The van der Waals surface area contributed by atoms with Gasteiger partial charge in [-0.15, -0.1) is 21.5 Å². The molecular weight excluding hydrogens is 640 g/mol. The lowest BCUT2D eigenvalue weighted by molar-refractivity contribution is -0.130. The van der Waals surface area contributed by atoms with Crippen LogP contribution in [0.1, 0.15) is 44.6 Å². The topological polar surface area (TPSA) is 111 Å². The van der Waals surface area contributed by atoms with Crippen LogP contribution >= 0.6 is 23.1 Å². The maximum atomic E-state index is 14.2. The van der Waals surface area contributed by atoms with Crippen LogP contribution in [-0.4, -0.2) is 57.3 Å². The number of benzene rings is 3. The van der Waals surface area contributed by atoms with Crippen LogP contribution in [0, 0.1) is 12.7 Å². The number of amides is 2. The number of aryl methyl sites for hydroxylation is 1. The fourth-order valence-electron chi connectivity index (χ4n) is 5.38. The van der Waals surface area contributed by atoms with Crippen molar-refractivity contribution in [3.63, 3.8) is 0 Å². The quantitative estimate of drug-likeness (QED) is 0.167. The second kappa shape index (κ2) is 14.2. The summed E-state index contributed by atoms with van der Waals surface area (Å²) in [6, 6.07) is 22.6. The molecule has 47 heavy (non-hydrogen) atoms. The van der Waals surface area contributed by atoms with E-state index in [1.54, 1.807) is 36.2 Å². The van der Waals surface area contributed by atoms with Gasteiger partial charge in [-0.1, -0.05) is 54.2 Å². The summed E-state index contributed by atoms with van der Waals surface area (Å²) in [6.45, 7) is 1.95. The van der Waals surface area contributed by atoms with Crippen molar-refractivity contribution in [3.05, 3.63) is 117 Å². The van der Waals surface area contributed by atoms with E-state index in [4.69, 9.17) is 14.6 Å². The van der Waals surface area contributed by atoms with E-state index in [-0.39, 0.29) is 23.8 Å². The van der Waals surface area contributed by atoms with Crippen molar-refractivity contribution in [2.45, 2.75) is 31.1 Å². The third-order valence-electron chi connectivity index (χ3n) is 7.57. The van der Waals surface area contributed by atoms with Crippen LogP contribution in [0.2, 0.25) is 0 Å². The first-order valence-electron chi connectivity index (χ1n) is 14.7. The number of methoxy groups -OCH3 is 2. The molecule has 0 spiro atoms. The van der Waals surface area contributed by atoms with E-state index >= 15 is 0 Å². The molecule has 1 unspecified atom stereocenters. The van der Waals surface area contributed by atoms with Crippen LogP contribution in [-0.2, 0) is 11.3 Å². The third kappa shape index (κ3) is 6.76. The Balaban J connectivity index is 1.27. The molecule has 0 aliphatic carbocycles. The molecule has 1 aliphatic heterocycles. The van der Waals surface area contributed by atoms with Gasteiger partial charge < -0.3 is 14.8 Å². The smallest absolute Gasteiger partial charge is 0.254 e. The molecule has 3 heterocycles. The summed E-state index contributed by atoms with van der Waals surface area (Å²) in [5.41, 5.74) is 3.30. The lowest BCUT2D eigenvalue weighted by Crippen LogP contribution is -2.29. The number of ether oxygens (including phenoxy) is 2. The Morgan fingerprint density at radius 2 is 1.85 bits per heavy atom. The van der Waals surface area contributed by atoms with Gasteiger partial charge in [0.1, 0.15) is 5.82 Å². The van der Waals surface area contributed by atoms with Crippen molar-refractivity contribution in [1.29, 1.82) is 0 Å². The monoisotopic (exact) mass is 670 g/mol. The zero-order valence-corrected chi connectivity index (χ0v) is 27.5. The standard InChI is InChI=1S/C34H31FN6O4S2/c1-21-9-6-10-22(17-21)40-30(19-36-33(43)23-11-4-5-13-25(23)35)37-38-34(40)47-20-31(42)41-27(18-26(39-41)29-15-8-16-46-29)24-12-7-14-28(44-2)32(24)45-3/h4-17,27H,18-20H2,1-3H3,(H,36,43). The summed E-state index contributed by atoms with van der Waals surface area (Å²) in [4.78, 5) is 27.7. The van der Waals surface area contributed by atoms with Gasteiger partial charge in [-0.05, 0) is 54.3 Å². The molecule has 6 rings (SSSR count). The van der Waals surface area contributed by atoms with Gasteiger partial charge in [-0.3, -0.25) is 14.2 Å². The molecule has 10 nitrogen and oxygen atoms in total. The molecule has 240 valence electrons. The van der Waals surface area contributed by atoms with Gasteiger partial charge in [0.25, 0.3) is 11.8 Å². The molecule has 13 heteroatoms. The highest BCUT2D eigenvalue weighted by molar-refractivity contribution is 7.99. The number of hydrogen-bond donors (Lipinski definition) is 1. The van der Waals surface area contributed by atoms with Gasteiger partial charge in [-0.2, -0.15) is 5.10 Å². The highest BCUT2D eigenvalue weighted by Gasteiger charge is 2.36. The fraction of sp³-hybridized carbons (Fsp3) is 0.206. The number of hydrogen-bond acceptors (Lipinski definition) is 9. The van der Waals surface area contributed by atoms with E-state index in [1.807, 2.05) is 66.9 Å². The second-order valence-electron chi connectivity index (χ2n) is 10.6. The Morgan fingerprint density at radius 1 is 1.02 bits per heavy atom. The number of carbonyl (C=O) groups excluding carboxylic acids is 2. The number of thioether (sulfide) groups is 1. The average molecular weight is 671 g/mol. The first-order chi connectivity index (χ1) is 22.9. The minimum Gasteiger partial charge on any atom is -0.493 e. The third-order valence-corrected chi connectivity index (χ3v) is 9.41. The highest BCUT2D eigenvalue weighted by Crippen LogP contribution is 2.42. The maximum Gasteiger partial charge on any atom is 0.254 e. The lowest BCUT2D eigenvalue weighted by Gasteiger charge is -2.24. The molecule has 1 atom stereocenters. The summed E-state index contributed by atoms with van der Waals surface area (Å²) in [7, 11) is 3.15. The van der Waals surface area contributed by atoms with Gasteiger partial charge in [0, 0.05) is 17.7 Å². The van der Waals surface area contributed by atoms with E-state index in [9.17, 15) is 14.0 Å². The van der Waals surface area contributed by atoms with Gasteiger partial charge in [0.15, 0.2) is 22.5 Å². The van der Waals surface area contributed by atoms with E-state index in [1.165, 1.54) is 35.0 Å². The van der Waals surface area contributed by atoms with Crippen molar-refractivity contribution < 1.29 is 23.5 Å². The van der Waals surface area contributed by atoms with E-state index < -0.39 is 17.8 Å².